The van der Waals surface area contributed by atoms with E-state index < -0.39 is 26.6 Å². The molecule has 2 N–H and O–H groups in total. The lowest BCUT2D eigenvalue weighted by Crippen LogP contribution is -2.17. The quantitative estimate of drug-likeness (QED) is 0.884. The number of anilines is 1. The highest BCUT2D eigenvalue weighted by Crippen LogP contribution is 2.22. The summed E-state index contributed by atoms with van der Waals surface area (Å²) in [5, 5.41) is 2.75. The van der Waals surface area contributed by atoms with Crippen molar-refractivity contribution in [1.82, 2.24) is 10.3 Å². The Kier molecular flexibility index (Phi) is 4.49. The molecule has 0 saturated heterocycles. The Labute approximate surface area is 121 Å². The monoisotopic (exact) mass is 313 g/mol. The number of sulfonamides is 1. The standard InChI is InChI=1S/C13H13F2N3O2S/c1-16-8-9-6-11(14)13(15)12(7-9)21(19,20)18-10-2-4-17-5-3-10/h2-7,16H,8H2,1H3,(H,17,18). The van der Waals surface area contributed by atoms with Crippen LogP contribution in [0.25, 0.3) is 0 Å². The molecule has 0 radical (unpaired) electrons. The first-order chi connectivity index (χ1) is 9.94. The first kappa shape index (κ1) is 15.3. The summed E-state index contributed by atoms with van der Waals surface area (Å²) in [6.07, 6.45) is 2.76. The first-order valence-corrected chi connectivity index (χ1v) is 7.47. The van der Waals surface area contributed by atoms with E-state index in [9.17, 15) is 17.2 Å². The van der Waals surface area contributed by atoms with Crippen LogP contribution >= 0.6 is 0 Å². The van der Waals surface area contributed by atoms with Crippen molar-refractivity contribution in [1.29, 1.82) is 0 Å². The van der Waals surface area contributed by atoms with Crippen molar-refractivity contribution >= 4 is 15.7 Å². The summed E-state index contributed by atoms with van der Waals surface area (Å²) in [5.41, 5.74) is 0.537. The van der Waals surface area contributed by atoms with Crippen molar-refractivity contribution in [3.05, 3.63) is 53.9 Å². The fourth-order valence-electron chi connectivity index (χ4n) is 1.75. The van der Waals surface area contributed by atoms with E-state index in [0.29, 0.717) is 5.56 Å². The Hall–Kier alpha value is -2.06. The molecule has 0 spiro atoms. The average molecular weight is 313 g/mol. The van der Waals surface area contributed by atoms with Gasteiger partial charge in [0, 0.05) is 18.9 Å². The van der Waals surface area contributed by atoms with Crippen molar-refractivity contribution < 1.29 is 17.2 Å². The highest BCUT2D eigenvalue weighted by molar-refractivity contribution is 7.92. The largest absolute Gasteiger partial charge is 0.316 e. The molecule has 0 atom stereocenters. The Bertz CT molecular complexity index is 737. The van der Waals surface area contributed by atoms with Gasteiger partial charge in [0.15, 0.2) is 11.6 Å². The third-order valence-corrected chi connectivity index (χ3v) is 4.04. The maximum atomic E-state index is 13.8. The van der Waals surface area contributed by atoms with Crippen LogP contribution in [0.1, 0.15) is 5.56 Å². The van der Waals surface area contributed by atoms with Gasteiger partial charge in [0.05, 0.1) is 5.69 Å². The van der Waals surface area contributed by atoms with Gasteiger partial charge < -0.3 is 5.32 Å². The van der Waals surface area contributed by atoms with Gasteiger partial charge in [-0.1, -0.05) is 0 Å². The van der Waals surface area contributed by atoms with Crippen LogP contribution in [0.15, 0.2) is 41.6 Å². The van der Waals surface area contributed by atoms with Crippen LogP contribution < -0.4 is 10.0 Å². The second-order valence-electron chi connectivity index (χ2n) is 4.26. The zero-order chi connectivity index (χ0) is 15.5. The SMILES string of the molecule is CNCc1cc(F)c(F)c(S(=O)(=O)Nc2ccncc2)c1. The van der Waals surface area contributed by atoms with Gasteiger partial charge in [-0.3, -0.25) is 9.71 Å². The van der Waals surface area contributed by atoms with Crippen LogP contribution in [-0.4, -0.2) is 20.4 Å². The first-order valence-electron chi connectivity index (χ1n) is 5.99. The number of rotatable bonds is 5. The molecule has 0 saturated carbocycles. The van der Waals surface area contributed by atoms with Crippen molar-refractivity contribution in [3.63, 3.8) is 0 Å². The average Bonchev–Trinajstić information content (AvgIpc) is 2.43. The normalized spacial score (nSPS) is 11.4. The summed E-state index contributed by atoms with van der Waals surface area (Å²) in [6.45, 7) is 0.217. The molecular formula is C13H13F2N3O2S. The molecule has 5 nitrogen and oxygen atoms in total. The Morgan fingerprint density at radius 2 is 1.86 bits per heavy atom. The van der Waals surface area contributed by atoms with Gasteiger partial charge in [-0.25, -0.2) is 17.2 Å². The highest BCUT2D eigenvalue weighted by atomic mass is 32.2. The molecule has 112 valence electrons. The molecule has 0 fully saturated rings. The van der Waals surface area contributed by atoms with Crippen molar-refractivity contribution in [2.45, 2.75) is 11.4 Å². The van der Waals surface area contributed by atoms with E-state index in [2.05, 4.69) is 15.0 Å². The summed E-state index contributed by atoms with van der Waals surface area (Å²) >= 11 is 0. The van der Waals surface area contributed by atoms with Gasteiger partial charge in [-0.15, -0.1) is 0 Å². The minimum Gasteiger partial charge on any atom is -0.316 e. The molecular weight excluding hydrogens is 300 g/mol. The number of hydrogen-bond donors (Lipinski definition) is 2. The molecule has 0 amide bonds. The van der Waals surface area contributed by atoms with Gasteiger partial charge in [-0.05, 0) is 36.9 Å². The number of halogens is 2. The molecule has 1 heterocycles. The molecule has 2 aromatic rings. The summed E-state index contributed by atoms with van der Waals surface area (Å²) in [7, 11) is -2.61. The summed E-state index contributed by atoms with van der Waals surface area (Å²) in [4.78, 5) is 3.01. The van der Waals surface area contributed by atoms with Crippen LogP contribution in [0, 0.1) is 11.6 Å². The molecule has 0 aliphatic rings. The predicted molar refractivity (Wildman–Crippen MR) is 74.2 cm³/mol. The molecule has 1 aromatic heterocycles. The number of benzene rings is 1. The van der Waals surface area contributed by atoms with E-state index >= 15 is 0 Å². The number of nitrogens with zero attached hydrogens (tertiary/aromatic N) is 1. The predicted octanol–water partition coefficient (Wildman–Crippen LogP) is 1.88. The highest BCUT2D eigenvalue weighted by Gasteiger charge is 2.23. The zero-order valence-corrected chi connectivity index (χ0v) is 11.9. The molecule has 0 unspecified atom stereocenters. The third kappa shape index (κ3) is 3.53. The topological polar surface area (TPSA) is 71.1 Å². The Balaban J connectivity index is 2.44. The van der Waals surface area contributed by atoms with Gasteiger partial charge in [0.1, 0.15) is 4.90 Å². The van der Waals surface area contributed by atoms with Crippen LogP contribution in [-0.2, 0) is 16.6 Å². The van der Waals surface area contributed by atoms with E-state index in [0.717, 1.165) is 12.1 Å². The molecule has 0 aliphatic carbocycles. The maximum absolute atomic E-state index is 13.8. The molecule has 21 heavy (non-hydrogen) atoms. The number of hydrogen-bond acceptors (Lipinski definition) is 4. The maximum Gasteiger partial charge on any atom is 0.264 e. The minimum atomic E-state index is -4.23. The van der Waals surface area contributed by atoms with Gasteiger partial charge in [0.2, 0.25) is 0 Å². The lowest BCUT2D eigenvalue weighted by Gasteiger charge is -2.11. The van der Waals surface area contributed by atoms with Crippen LogP contribution in [0.5, 0.6) is 0 Å². The van der Waals surface area contributed by atoms with E-state index in [-0.39, 0.29) is 12.2 Å². The Morgan fingerprint density at radius 1 is 1.19 bits per heavy atom. The van der Waals surface area contributed by atoms with Crippen molar-refractivity contribution in [2.24, 2.45) is 0 Å². The summed E-state index contributed by atoms with van der Waals surface area (Å²) in [6, 6.07) is 4.86. The molecule has 0 aliphatic heterocycles. The second-order valence-corrected chi connectivity index (χ2v) is 5.91. The molecule has 1 aromatic carbocycles. The number of aromatic nitrogens is 1. The lowest BCUT2D eigenvalue weighted by molar-refractivity contribution is 0.483. The van der Waals surface area contributed by atoms with Crippen LogP contribution in [0.3, 0.4) is 0 Å². The van der Waals surface area contributed by atoms with E-state index in [4.69, 9.17) is 0 Å². The van der Waals surface area contributed by atoms with E-state index in [1.165, 1.54) is 24.5 Å². The summed E-state index contributed by atoms with van der Waals surface area (Å²) < 4.78 is 53.8. The third-order valence-electron chi connectivity index (χ3n) is 2.66. The van der Waals surface area contributed by atoms with E-state index in [1.807, 2.05) is 0 Å². The Morgan fingerprint density at radius 3 is 2.48 bits per heavy atom. The second kappa shape index (κ2) is 6.15. The van der Waals surface area contributed by atoms with Crippen molar-refractivity contribution in [2.75, 3.05) is 11.8 Å². The minimum absolute atomic E-state index is 0.212. The fourth-order valence-corrected chi connectivity index (χ4v) is 2.95. The smallest absolute Gasteiger partial charge is 0.264 e. The number of nitrogens with one attached hydrogen (secondary N) is 2. The van der Waals surface area contributed by atoms with Gasteiger partial charge in [0.25, 0.3) is 10.0 Å². The van der Waals surface area contributed by atoms with Gasteiger partial charge >= 0.3 is 0 Å². The number of pyridine rings is 1. The zero-order valence-electron chi connectivity index (χ0n) is 11.1. The lowest BCUT2D eigenvalue weighted by atomic mass is 10.2. The molecule has 8 heteroatoms. The molecule has 2 rings (SSSR count). The van der Waals surface area contributed by atoms with E-state index in [1.54, 1.807) is 7.05 Å². The molecule has 0 bridgehead atoms. The van der Waals surface area contributed by atoms with Crippen molar-refractivity contribution in [3.8, 4) is 0 Å². The fraction of sp³-hybridized carbons (Fsp3) is 0.154. The van der Waals surface area contributed by atoms with Gasteiger partial charge in [-0.2, -0.15) is 0 Å². The van der Waals surface area contributed by atoms with Crippen LogP contribution in [0.4, 0.5) is 14.5 Å². The summed E-state index contributed by atoms with van der Waals surface area (Å²) in [5.74, 6) is -2.62. The van der Waals surface area contributed by atoms with Crippen LogP contribution in [0.2, 0.25) is 0 Å².